The summed E-state index contributed by atoms with van der Waals surface area (Å²) in [5.41, 5.74) is 5.76. The van der Waals surface area contributed by atoms with Crippen molar-refractivity contribution in [2.45, 2.75) is 32.4 Å². The van der Waals surface area contributed by atoms with Gasteiger partial charge in [-0.2, -0.15) is 0 Å². The van der Waals surface area contributed by atoms with E-state index in [1.54, 1.807) is 0 Å². The Morgan fingerprint density at radius 2 is 2.33 bits per heavy atom. The van der Waals surface area contributed by atoms with Gasteiger partial charge in [0, 0.05) is 32.0 Å². The van der Waals surface area contributed by atoms with Gasteiger partial charge in [0.1, 0.15) is 5.82 Å². The number of nitrogens with two attached hydrogens (primary N) is 1. The van der Waals surface area contributed by atoms with Crippen molar-refractivity contribution in [3.63, 3.8) is 0 Å². The predicted molar refractivity (Wildman–Crippen MR) is 62.4 cm³/mol. The average Bonchev–Trinajstić information content (AvgIpc) is 2.60. The number of aromatic nitrogens is 2. The summed E-state index contributed by atoms with van der Waals surface area (Å²) in [6.45, 7) is 3.78. The second-order valence-corrected chi connectivity index (χ2v) is 4.05. The molecule has 0 aliphatic heterocycles. The number of hydrogen-bond acceptors (Lipinski definition) is 3. The van der Waals surface area contributed by atoms with Gasteiger partial charge in [-0.25, -0.2) is 4.98 Å². The average molecular weight is 210 g/mol. The molecule has 0 spiro atoms. The molecule has 15 heavy (non-hydrogen) atoms. The van der Waals surface area contributed by atoms with Crippen molar-refractivity contribution in [2.75, 3.05) is 13.6 Å². The highest BCUT2D eigenvalue weighted by Crippen LogP contribution is 2.07. The van der Waals surface area contributed by atoms with Crippen LogP contribution in [-0.4, -0.2) is 34.1 Å². The SMILES string of the molecule is CCCC(CN)N(C)Cc1nccn1C. The Hall–Kier alpha value is -0.870. The van der Waals surface area contributed by atoms with Crippen molar-refractivity contribution in [2.24, 2.45) is 12.8 Å². The van der Waals surface area contributed by atoms with E-state index in [4.69, 9.17) is 5.73 Å². The Kier molecular flexibility index (Phi) is 4.78. The smallest absolute Gasteiger partial charge is 0.122 e. The van der Waals surface area contributed by atoms with Crippen molar-refractivity contribution in [3.05, 3.63) is 18.2 Å². The first-order valence-electron chi connectivity index (χ1n) is 5.55. The van der Waals surface area contributed by atoms with E-state index in [0.29, 0.717) is 6.04 Å². The van der Waals surface area contributed by atoms with Crippen LogP contribution < -0.4 is 5.73 Å². The molecule has 86 valence electrons. The van der Waals surface area contributed by atoms with Gasteiger partial charge in [-0.15, -0.1) is 0 Å². The summed E-state index contributed by atoms with van der Waals surface area (Å²) in [6, 6.07) is 0.465. The fourth-order valence-electron chi connectivity index (χ4n) is 1.75. The molecule has 0 aromatic carbocycles. The van der Waals surface area contributed by atoms with Crippen molar-refractivity contribution in [3.8, 4) is 0 Å². The second-order valence-electron chi connectivity index (χ2n) is 4.05. The third-order valence-corrected chi connectivity index (χ3v) is 2.83. The normalized spacial score (nSPS) is 13.4. The summed E-state index contributed by atoms with van der Waals surface area (Å²) in [6.07, 6.45) is 6.13. The Bertz CT molecular complexity index is 282. The molecule has 0 amide bonds. The lowest BCUT2D eigenvalue weighted by Gasteiger charge is -2.26. The Balaban J connectivity index is 2.53. The van der Waals surface area contributed by atoms with E-state index in [1.165, 1.54) is 6.42 Å². The number of aryl methyl sites for hydroxylation is 1. The van der Waals surface area contributed by atoms with Crippen LogP contribution in [-0.2, 0) is 13.6 Å². The second kappa shape index (κ2) is 5.88. The maximum absolute atomic E-state index is 5.76. The zero-order chi connectivity index (χ0) is 11.3. The maximum atomic E-state index is 5.76. The van der Waals surface area contributed by atoms with Gasteiger partial charge in [0.2, 0.25) is 0 Å². The molecular formula is C11H22N4. The molecule has 0 saturated carbocycles. The van der Waals surface area contributed by atoms with Gasteiger partial charge >= 0.3 is 0 Å². The van der Waals surface area contributed by atoms with Crippen LogP contribution in [0.4, 0.5) is 0 Å². The molecular weight excluding hydrogens is 188 g/mol. The van der Waals surface area contributed by atoms with Crippen molar-refractivity contribution >= 4 is 0 Å². The number of likely N-dealkylation sites (N-methyl/N-ethyl adjacent to an activating group) is 1. The lowest BCUT2D eigenvalue weighted by molar-refractivity contribution is 0.219. The van der Waals surface area contributed by atoms with E-state index in [2.05, 4.69) is 28.4 Å². The van der Waals surface area contributed by atoms with Gasteiger partial charge in [0.25, 0.3) is 0 Å². The molecule has 1 rings (SSSR count). The van der Waals surface area contributed by atoms with Gasteiger partial charge in [-0.05, 0) is 13.5 Å². The minimum absolute atomic E-state index is 0.465. The summed E-state index contributed by atoms with van der Waals surface area (Å²) in [4.78, 5) is 6.60. The topological polar surface area (TPSA) is 47.1 Å². The van der Waals surface area contributed by atoms with Gasteiger partial charge in [0.15, 0.2) is 0 Å². The third kappa shape index (κ3) is 3.32. The van der Waals surface area contributed by atoms with E-state index in [1.807, 2.05) is 19.4 Å². The summed E-state index contributed by atoms with van der Waals surface area (Å²) >= 11 is 0. The van der Waals surface area contributed by atoms with Crippen LogP contribution >= 0.6 is 0 Å². The zero-order valence-corrected chi connectivity index (χ0v) is 9.98. The van der Waals surface area contributed by atoms with E-state index >= 15 is 0 Å². The minimum atomic E-state index is 0.465. The van der Waals surface area contributed by atoms with Crippen LogP contribution in [0.1, 0.15) is 25.6 Å². The van der Waals surface area contributed by atoms with Gasteiger partial charge in [0.05, 0.1) is 6.54 Å². The molecule has 0 radical (unpaired) electrons. The first-order valence-corrected chi connectivity index (χ1v) is 5.55. The Labute approximate surface area is 92.1 Å². The number of hydrogen-bond donors (Lipinski definition) is 1. The van der Waals surface area contributed by atoms with Crippen LogP contribution in [0.5, 0.6) is 0 Å². The van der Waals surface area contributed by atoms with E-state index in [-0.39, 0.29) is 0 Å². The lowest BCUT2D eigenvalue weighted by atomic mass is 10.1. The highest BCUT2D eigenvalue weighted by molar-refractivity contribution is 4.91. The standard InChI is InChI=1S/C11H22N4/c1-4-5-10(8-12)15(3)9-11-13-6-7-14(11)2/h6-7,10H,4-5,8-9,12H2,1-3H3. The number of rotatable bonds is 6. The Morgan fingerprint density at radius 1 is 1.60 bits per heavy atom. The molecule has 1 atom stereocenters. The first-order chi connectivity index (χ1) is 7.19. The predicted octanol–water partition coefficient (Wildman–Crippen LogP) is 0.979. The van der Waals surface area contributed by atoms with Crippen molar-refractivity contribution in [1.82, 2.24) is 14.5 Å². The van der Waals surface area contributed by atoms with Crippen LogP contribution in [0.2, 0.25) is 0 Å². The molecule has 0 bridgehead atoms. The van der Waals surface area contributed by atoms with Crippen LogP contribution in [0.25, 0.3) is 0 Å². The Morgan fingerprint density at radius 3 is 2.80 bits per heavy atom. The van der Waals surface area contributed by atoms with Gasteiger partial charge in [-0.1, -0.05) is 13.3 Å². The highest BCUT2D eigenvalue weighted by Gasteiger charge is 2.13. The molecule has 0 aliphatic rings. The molecule has 4 nitrogen and oxygen atoms in total. The molecule has 4 heteroatoms. The quantitative estimate of drug-likeness (QED) is 0.761. The van der Waals surface area contributed by atoms with E-state index < -0.39 is 0 Å². The fourth-order valence-corrected chi connectivity index (χ4v) is 1.75. The maximum Gasteiger partial charge on any atom is 0.122 e. The van der Waals surface area contributed by atoms with E-state index in [9.17, 15) is 0 Å². The first kappa shape index (κ1) is 12.2. The summed E-state index contributed by atoms with van der Waals surface area (Å²) in [7, 11) is 4.13. The third-order valence-electron chi connectivity index (χ3n) is 2.83. The number of nitrogens with zero attached hydrogens (tertiary/aromatic N) is 3. The van der Waals surface area contributed by atoms with Crippen molar-refractivity contribution < 1.29 is 0 Å². The van der Waals surface area contributed by atoms with E-state index in [0.717, 1.165) is 25.3 Å². The molecule has 1 unspecified atom stereocenters. The highest BCUT2D eigenvalue weighted by atomic mass is 15.2. The molecule has 2 N–H and O–H groups in total. The summed E-state index contributed by atoms with van der Waals surface area (Å²) < 4.78 is 2.05. The molecule has 0 fully saturated rings. The molecule has 1 aromatic rings. The minimum Gasteiger partial charge on any atom is -0.337 e. The van der Waals surface area contributed by atoms with Gasteiger partial charge in [-0.3, -0.25) is 4.90 Å². The largest absolute Gasteiger partial charge is 0.337 e. The van der Waals surface area contributed by atoms with Gasteiger partial charge < -0.3 is 10.3 Å². The summed E-state index contributed by atoms with van der Waals surface area (Å²) in [5.74, 6) is 1.09. The molecule has 1 aromatic heterocycles. The molecule has 0 saturated heterocycles. The van der Waals surface area contributed by atoms with Crippen molar-refractivity contribution in [1.29, 1.82) is 0 Å². The lowest BCUT2D eigenvalue weighted by Crippen LogP contribution is -2.37. The molecule has 1 heterocycles. The molecule has 0 aliphatic carbocycles. The fraction of sp³-hybridized carbons (Fsp3) is 0.727. The summed E-state index contributed by atoms with van der Waals surface area (Å²) in [5, 5.41) is 0. The van der Waals surface area contributed by atoms with Crippen LogP contribution in [0.15, 0.2) is 12.4 Å². The number of imidazole rings is 1. The van der Waals surface area contributed by atoms with Crippen LogP contribution in [0, 0.1) is 0 Å². The zero-order valence-electron chi connectivity index (χ0n) is 9.98. The monoisotopic (exact) mass is 210 g/mol. The van der Waals surface area contributed by atoms with Crippen LogP contribution in [0.3, 0.4) is 0 Å².